The van der Waals surface area contributed by atoms with Gasteiger partial charge in [-0.2, -0.15) is 5.10 Å². The predicted octanol–water partition coefficient (Wildman–Crippen LogP) is 2.10. The summed E-state index contributed by atoms with van der Waals surface area (Å²) in [6.07, 6.45) is 2.14. The van der Waals surface area contributed by atoms with Gasteiger partial charge in [0.1, 0.15) is 0 Å². The van der Waals surface area contributed by atoms with Gasteiger partial charge in [0.2, 0.25) is 0 Å². The molecule has 0 aromatic carbocycles. The molecular formula is C11H19N3. The molecule has 1 aromatic heterocycles. The van der Waals surface area contributed by atoms with E-state index in [1.807, 2.05) is 11.7 Å². The van der Waals surface area contributed by atoms with Crippen molar-refractivity contribution in [1.82, 2.24) is 14.7 Å². The number of aryl methyl sites for hydroxylation is 1. The molecule has 2 rings (SSSR count). The predicted molar refractivity (Wildman–Crippen MR) is 56.9 cm³/mol. The van der Waals surface area contributed by atoms with E-state index in [1.165, 1.54) is 11.3 Å². The van der Waals surface area contributed by atoms with Crippen LogP contribution in [0, 0.1) is 0 Å². The van der Waals surface area contributed by atoms with E-state index in [0.29, 0.717) is 6.04 Å². The van der Waals surface area contributed by atoms with Gasteiger partial charge >= 0.3 is 0 Å². The second-order valence-electron chi connectivity index (χ2n) is 5.19. The highest BCUT2D eigenvalue weighted by atomic mass is 15.3. The van der Waals surface area contributed by atoms with Crippen LogP contribution in [0.15, 0.2) is 6.20 Å². The second kappa shape index (κ2) is 2.83. The van der Waals surface area contributed by atoms with Crippen molar-refractivity contribution in [2.45, 2.75) is 45.8 Å². The molecule has 1 aliphatic heterocycles. The minimum atomic E-state index is 0.228. The van der Waals surface area contributed by atoms with Crippen LogP contribution in [-0.2, 0) is 13.6 Å². The minimum Gasteiger partial charge on any atom is -0.286 e. The molecule has 0 saturated heterocycles. The third-order valence-electron chi connectivity index (χ3n) is 3.00. The summed E-state index contributed by atoms with van der Waals surface area (Å²) in [6.45, 7) is 10.1. The molecule has 1 unspecified atom stereocenters. The van der Waals surface area contributed by atoms with Gasteiger partial charge < -0.3 is 0 Å². The van der Waals surface area contributed by atoms with Gasteiger partial charge in [-0.1, -0.05) is 0 Å². The molecule has 0 fully saturated rings. The molecule has 0 N–H and O–H groups in total. The first-order chi connectivity index (χ1) is 6.39. The van der Waals surface area contributed by atoms with Crippen molar-refractivity contribution >= 4 is 0 Å². The highest BCUT2D eigenvalue weighted by Gasteiger charge is 2.35. The average molecular weight is 193 g/mol. The van der Waals surface area contributed by atoms with Crippen LogP contribution in [-0.4, -0.2) is 20.2 Å². The van der Waals surface area contributed by atoms with Crippen LogP contribution >= 0.6 is 0 Å². The van der Waals surface area contributed by atoms with Crippen LogP contribution in [0.3, 0.4) is 0 Å². The Morgan fingerprint density at radius 1 is 1.43 bits per heavy atom. The van der Waals surface area contributed by atoms with E-state index in [9.17, 15) is 0 Å². The van der Waals surface area contributed by atoms with Crippen molar-refractivity contribution in [2.75, 3.05) is 0 Å². The zero-order valence-electron chi connectivity index (χ0n) is 9.70. The van der Waals surface area contributed by atoms with Crippen molar-refractivity contribution in [2.24, 2.45) is 7.05 Å². The highest BCUT2D eigenvalue weighted by Crippen LogP contribution is 2.36. The smallest absolute Gasteiger partial charge is 0.0838 e. The molecule has 3 heteroatoms. The Labute approximate surface area is 85.7 Å². The van der Waals surface area contributed by atoms with Gasteiger partial charge in [-0.25, -0.2) is 0 Å². The molecule has 78 valence electrons. The van der Waals surface area contributed by atoms with Crippen LogP contribution in [0.25, 0.3) is 0 Å². The van der Waals surface area contributed by atoms with Crippen LogP contribution in [0.5, 0.6) is 0 Å². The quantitative estimate of drug-likeness (QED) is 0.629. The zero-order valence-corrected chi connectivity index (χ0v) is 9.70. The topological polar surface area (TPSA) is 21.1 Å². The second-order valence-corrected chi connectivity index (χ2v) is 5.19. The first-order valence-electron chi connectivity index (χ1n) is 5.19. The summed E-state index contributed by atoms with van der Waals surface area (Å²) in [7, 11) is 1.99. The van der Waals surface area contributed by atoms with Gasteiger partial charge in [-0.3, -0.25) is 9.58 Å². The number of rotatable bonds is 0. The van der Waals surface area contributed by atoms with Gasteiger partial charge in [0, 0.05) is 30.9 Å². The maximum atomic E-state index is 4.51. The SMILES string of the molecule is CC1c2nn(C)cc2CN1C(C)(C)C. The lowest BCUT2D eigenvalue weighted by Gasteiger charge is -2.35. The van der Waals surface area contributed by atoms with Crippen LogP contribution in [0.4, 0.5) is 0 Å². The molecule has 0 amide bonds. The van der Waals surface area contributed by atoms with Crippen molar-refractivity contribution in [3.05, 3.63) is 17.5 Å². The monoisotopic (exact) mass is 193 g/mol. The lowest BCUT2D eigenvalue weighted by atomic mass is 10.1. The summed E-state index contributed by atoms with van der Waals surface area (Å²) >= 11 is 0. The summed E-state index contributed by atoms with van der Waals surface area (Å²) in [6, 6.07) is 0.450. The minimum absolute atomic E-state index is 0.228. The molecule has 14 heavy (non-hydrogen) atoms. The Morgan fingerprint density at radius 3 is 2.57 bits per heavy atom. The summed E-state index contributed by atoms with van der Waals surface area (Å²) in [4.78, 5) is 2.49. The lowest BCUT2D eigenvalue weighted by Crippen LogP contribution is -2.39. The first kappa shape index (κ1) is 9.71. The fourth-order valence-electron chi connectivity index (χ4n) is 2.31. The van der Waals surface area contributed by atoms with E-state index in [0.717, 1.165) is 6.54 Å². The molecule has 0 spiro atoms. The fourth-order valence-corrected chi connectivity index (χ4v) is 2.31. The number of aromatic nitrogens is 2. The Hall–Kier alpha value is -0.830. The van der Waals surface area contributed by atoms with Crippen molar-refractivity contribution in [3.8, 4) is 0 Å². The van der Waals surface area contributed by atoms with Crippen molar-refractivity contribution in [1.29, 1.82) is 0 Å². The molecule has 0 bridgehead atoms. The van der Waals surface area contributed by atoms with E-state index >= 15 is 0 Å². The summed E-state index contributed by atoms with van der Waals surface area (Å²) in [5.74, 6) is 0. The Kier molecular flexibility index (Phi) is 1.96. The molecule has 3 nitrogen and oxygen atoms in total. The summed E-state index contributed by atoms with van der Waals surface area (Å²) in [5, 5.41) is 4.51. The summed E-state index contributed by atoms with van der Waals surface area (Å²) in [5.41, 5.74) is 2.86. The Bertz CT molecular complexity index is 346. The van der Waals surface area contributed by atoms with Gasteiger partial charge in [0.25, 0.3) is 0 Å². The fraction of sp³-hybridized carbons (Fsp3) is 0.727. The molecule has 0 aliphatic carbocycles. The molecule has 1 aliphatic rings. The lowest BCUT2D eigenvalue weighted by molar-refractivity contribution is 0.0974. The van der Waals surface area contributed by atoms with E-state index < -0.39 is 0 Å². The molecule has 2 heterocycles. The van der Waals surface area contributed by atoms with Crippen LogP contribution in [0.1, 0.15) is 45.0 Å². The number of hydrogen-bond acceptors (Lipinski definition) is 2. The third-order valence-corrected chi connectivity index (χ3v) is 3.00. The normalized spacial score (nSPS) is 22.8. The van der Waals surface area contributed by atoms with E-state index in [4.69, 9.17) is 0 Å². The van der Waals surface area contributed by atoms with E-state index in [-0.39, 0.29) is 5.54 Å². The summed E-state index contributed by atoms with van der Waals surface area (Å²) < 4.78 is 1.92. The third kappa shape index (κ3) is 1.36. The molecule has 1 atom stereocenters. The van der Waals surface area contributed by atoms with Gasteiger partial charge in [-0.15, -0.1) is 0 Å². The highest BCUT2D eigenvalue weighted by molar-refractivity contribution is 5.26. The number of hydrogen-bond donors (Lipinski definition) is 0. The molecule has 0 saturated carbocycles. The van der Waals surface area contributed by atoms with Crippen molar-refractivity contribution < 1.29 is 0 Å². The molecular weight excluding hydrogens is 174 g/mol. The molecule has 0 radical (unpaired) electrons. The maximum Gasteiger partial charge on any atom is 0.0838 e. The largest absolute Gasteiger partial charge is 0.286 e. The average Bonchev–Trinajstić information content (AvgIpc) is 2.49. The van der Waals surface area contributed by atoms with Gasteiger partial charge in [0.15, 0.2) is 0 Å². The van der Waals surface area contributed by atoms with Crippen LogP contribution in [0.2, 0.25) is 0 Å². The zero-order chi connectivity index (χ0) is 10.5. The van der Waals surface area contributed by atoms with Crippen molar-refractivity contribution in [3.63, 3.8) is 0 Å². The van der Waals surface area contributed by atoms with E-state index in [2.05, 4.69) is 43.9 Å². The standard InChI is InChI=1S/C11H19N3/c1-8-10-9(6-13(5)12-10)7-14(8)11(2,3)4/h6,8H,7H2,1-5H3. The number of fused-ring (bicyclic) bond motifs is 1. The number of nitrogens with zero attached hydrogens (tertiary/aromatic N) is 3. The maximum absolute atomic E-state index is 4.51. The van der Waals surface area contributed by atoms with Gasteiger partial charge in [0.05, 0.1) is 11.7 Å². The van der Waals surface area contributed by atoms with Gasteiger partial charge in [-0.05, 0) is 27.7 Å². The molecule has 1 aromatic rings. The Balaban J connectivity index is 2.31. The van der Waals surface area contributed by atoms with E-state index in [1.54, 1.807) is 0 Å². The first-order valence-corrected chi connectivity index (χ1v) is 5.19. The van der Waals surface area contributed by atoms with Crippen LogP contribution < -0.4 is 0 Å². The Morgan fingerprint density at radius 2 is 2.07 bits per heavy atom.